The summed E-state index contributed by atoms with van der Waals surface area (Å²) in [7, 11) is 0. The number of likely N-dealkylation sites (tertiary alicyclic amines) is 1. The maximum Gasteiger partial charge on any atom is 0.253 e. The molecule has 0 aliphatic carbocycles. The first-order chi connectivity index (χ1) is 11.8. The molecular weight excluding hydrogens is 300 g/mol. The SMILES string of the molecule is O=C(c1ccc2n[nH]nc2c1)N1CCC[C@H](c2ccccc2)CC1. The molecule has 2 aromatic carbocycles. The lowest BCUT2D eigenvalue weighted by Gasteiger charge is -2.21. The lowest BCUT2D eigenvalue weighted by Crippen LogP contribution is -2.31. The van der Waals surface area contributed by atoms with E-state index in [2.05, 4.69) is 45.7 Å². The summed E-state index contributed by atoms with van der Waals surface area (Å²) in [6.07, 6.45) is 3.19. The Morgan fingerprint density at radius 3 is 2.71 bits per heavy atom. The molecule has 5 heteroatoms. The molecule has 3 aromatic rings. The molecule has 4 rings (SSSR count). The monoisotopic (exact) mass is 320 g/mol. The van der Waals surface area contributed by atoms with Crippen LogP contribution in [0, 0.1) is 0 Å². The molecule has 1 fully saturated rings. The number of aromatic nitrogens is 3. The highest BCUT2D eigenvalue weighted by molar-refractivity contribution is 5.97. The Hall–Kier alpha value is -2.69. The molecule has 24 heavy (non-hydrogen) atoms. The number of carbonyl (C=O) groups excluding carboxylic acids is 1. The number of rotatable bonds is 2. The number of aromatic amines is 1. The summed E-state index contributed by atoms with van der Waals surface area (Å²) in [5.74, 6) is 0.635. The molecule has 0 spiro atoms. The second-order valence-corrected chi connectivity index (χ2v) is 6.36. The summed E-state index contributed by atoms with van der Waals surface area (Å²) in [5.41, 5.74) is 3.59. The Morgan fingerprint density at radius 1 is 1.00 bits per heavy atom. The van der Waals surface area contributed by atoms with Crippen LogP contribution in [0.1, 0.15) is 41.1 Å². The van der Waals surface area contributed by atoms with Crippen molar-refractivity contribution in [3.63, 3.8) is 0 Å². The molecular formula is C19H20N4O. The van der Waals surface area contributed by atoms with Crippen LogP contribution in [0.3, 0.4) is 0 Å². The summed E-state index contributed by atoms with van der Waals surface area (Å²) in [6.45, 7) is 1.62. The molecule has 1 saturated heterocycles. The minimum Gasteiger partial charge on any atom is -0.339 e. The van der Waals surface area contributed by atoms with Crippen molar-refractivity contribution in [3.8, 4) is 0 Å². The van der Waals surface area contributed by atoms with Crippen LogP contribution >= 0.6 is 0 Å². The first-order valence-corrected chi connectivity index (χ1v) is 8.46. The molecule has 2 heterocycles. The largest absolute Gasteiger partial charge is 0.339 e. The van der Waals surface area contributed by atoms with Gasteiger partial charge in [-0.1, -0.05) is 30.3 Å². The van der Waals surface area contributed by atoms with Crippen molar-refractivity contribution in [3.05, 3.63) is 59.7 Å². The lowest BCUT2D eigenvalue weighted by atomic mass is 9.92. The van der Waals surface area contributed by atoms with E-state index >= 15 is 0 Å². The van der Waals surface area contributed by atoms with Gasteiger partial charge in [-0.15, -0.1) is 0 Å². The van der Waals surface area contributed by atoms with Crippen molar-refractivity contribution in [2.24, 2.45) is 0 Å². The summed E-state index contributed by atoms with van der Waals surface area (Å²) in [6, 6.07) is 16.1. The number of amides is 1. The first kappa shape index (κ1) is 14.9. The van der Waals surface area contributed by atoms with Gasteiger partial charge in [0.15, 0.2) is 0 Å². The third-order valence-corrected chi connectivity index (χ3v) is 4.85. The zero-order chi connectivity index (χ0) is 16.4. The summed E-state index contributed by atoms with van der Waals surface area (Å²) >= 11 is 0. The molecule has 1 atom stereocenters. The van der Waals surface area contributed by atoms with Gasteiger partial charge >= 0.3 is 0 Å². The highest BCUT2D eigenvalue weighted by Crippen LogP contribution is 2.28. The van der Waals surface area contributed by atoms with Crippen molar-refractivity contribution in [1.29, 1.82) is 0 Å². The van der Waals surface area contributed by atoms with Crippen molar-refractivity contribution in [2.45, 2.75) is 25.2 Å². The van der Waals surface area contributed by atoms with Crippen molar-refractivity contribution >= 4 is 16.9 Å². The van der Waals surface area contributed by atoms with Crippen LogP contribution < -0.4 is 0 Å². The number of benzene rings is 2. The summed E-state index contributed by atoms with van der Waals surface area (Å²) in [5, 5.41) is 10.7. The van der Waals surface area contributed by atoms with Gasteiger partial charge in [-0.05, 0) is 48.9 Å². The van der Waals surface area contributed by atoms with E-state index in [1.54, 1.807) is 0 Å². The quantitative estimate of drug-likeness (QED) is 0.787. The zero-order valence-corrected chi connectivity index (χ0v) is 13.5. The van der Waals surface area contributed by atoms with E-state index < -0.39 is 0 Å². The number of nitrogens with zero attached hydrogens (tertiary/aromatic N) is 3. The van der Waals surface area contributed by atoms with Crippen LogP contribution in [-0.2, 0) is 0 Å². The van der Waals surface area contributed by atoms with Gasteiger partial charge in [0.05, 0.1) is 0 Å². The Labute approximate surface area is 140 Å². The van der Waals surface area contributed by atoms with E-state index in [1.165, 1.54) is 5.56 Å². The highest BCUT2D eigenvalue weighted by atomic mass is 16.2. The van der Waals surface area contributed by atoms with E-state index in [4.69, 9.17) is 0 Å². The molecule has 0 saturated carbocycles. The maximum absolute atomic E-state index is 12.8. The van der Waals surface area contributed by atoms with Crippen molar-refractivity contribution in [2.75, 3.05) is 13.1 Å². The summed E-state index contributed by atoms with van der Waals surface area (Å²) < 4.78 is 0. The molecule has 0 unspecified atom stereocenters. The average molecular weight is 320 g/mol. The zero-order valence-electron chi connectivity index (χ0n) is 13.5. The molecule has 122 valence electrons. The van der Waals surface area contributed by atoms with Gasteiger partial charge < -0.3 is 4.90 Å². The van der Waals surface area contributed by atoms with Gasteiger partial charge in [-0.3, -0.25) is 4.79 Å². The van der Waals surface area contributed by atoms with E-state index in [0.717, 1.165) is 43.4 Å². The van der Waals surface area contributed by atoms with Crippen LogP contribution in [-0.4, -0.2) is 39.3 Å². The van der Waals surface area contributed by atoms with Gasteiger partial charge in [0, 0.05) is 18.7 Å². The van der Waals surface area contributed by atoms with E-state index in [-0.39, 0.29) is 5.91 Å². The third kappa shape index (κ3) is 2.89. The lowest BCUT2D eigenvalue weighted by molar-refractivity contribution is 0.0761. The fourth-order valence-corrected chi connectivity index (χ4v) is 3.51. The smallest absolute Gasteiger partial charge is 0.253 e. The number of fused-ring (bicyclic) bond motifs is 1. The molecule has 5 nitrogen and oxygen atoms in total. The predicted molar refractivity (Wildman–Crippen MR) is 92.8 cm³/mol. The highest BCUT2D eigenvalue weighted by Gasteiger charge is 2.22. The van der Waals surface area contributed by atoms with Crippen molar-refractivity contribution in [1.82, 2.24) is 20.3 Å². The van der Waals surface area contributed by atoms with E-state index in [9.17, 15) is 4.79 Å². The predicted octanol–water partition coefficient (Wildman–Crippen LogP) is 3.37. The molecule has 1 aromatic heterocycles. The van der Waals surface area contributed by atoms with Gasteiger partial charge in [-0.25, -0.2) is 0 Å². The minimum absolute atomic E-state index is 0.0913. The normalized spacial score (nSPS) is 18.5. The molecule has 1 aliphatic rings. The Kier molecular flexibility index (Phi) is 3.99. The van der Waals surface area contributed by atoms with Gasteiger partial charge in [0.1, 0.15) is 11.0 Å². The van der Waals surface area contributed by atoms with Crippen LogP contribution in [0.4, 0.5) is 0 Å². The Bertz CT molecular complexity index is 843. The molecule has 0 radical (unpaired) electrons. The Balaban J connectivity index is 1.49. The average Bonchev–Trinajstić information content (AvgIpc) is 2.96. The number of hydrogen-bond donors (Lipinski definition) is 1. The van der Waals surface area contributed by atoms with Gasteiger partial charge in [-0.2, -0.15) is 15.4 Å². The number of nitrogens with one attached hydrogen (secondary N) is 1. The second-order valence-electron chi connectivity index (χ2n) is 6.36. The van der Waals surface area contributed by atoms with E-state index in [1.807, 2.05) is 23.1 Å². The minimum atomic E-state index is 0.0913. The molecule has 1 aliphatic heterocycles. The fraction of sp³-hybridized carbons (Fsp3) is 0.316. The second kappa shape index (κ2) is 6.43. The third-order valence-electron chi connectivity index (χ3n) is 4.85. The number of carbonyl (C=O) groups is 1. The van der Waals surface area contributed by atoms with Gasteiger partial charge in [0.25, 0.3) is 5.91 Å². The first-order valence-electron chi connectivity index (χ1n) is 8.46. The standard InChI is InChI=1S/C19H20N4O/c24-19(16-8-9-17-18(13-16)21-22-20-17)23-11-4-7-15(10-12-23)14-5-2-1-3-6-14/h1-3,5-6,8-9,13,15H,4,7,10-12H2,(H,20,21,22)/t15-/m0/s1. The van der Waals surface area contributed by atoms with Crippen LogP contribution in [0.15, 0.2) is 48.5 Å². The fourth-order valence-electron chi connectivity index (χ4n) is 3.51. The van der Waals surface area contributed by atoms with E-state index in [0.29, 0.717) is 11.5 Å². The Morgan fingerprint density at radius 2 is 1.83 bits per heavy atom. The molecule has 1 amide bonds. The summed E-state index contributed by atoms with van der Waals surface area (Å²) in [4.78, 5) is 14.8. The topological polar surface area (TPSA) is 61.9 Å². The molecule has 1 N–H and O–H groups in total. The van der Waals surface area contributed by atoms with Crippen LogP contribution in [0.25, 0.3) is 11.0 Å². The number of hydrogen-bond acceptors (Lipinski definition) is 3. The van der Waals surface area contributed by atoms with Crippen LogP contribution in [0.2, 0.25) is 0 Å². The van der Waals surface area contributed by atoms with Crippen molar-refractivity contribution < 1.29 is 4.79 Å². The maximum atomic E-state index is 12.8. The molecule has 0 bridgehead atoms. The van der Waals surface area contributed by atoms with Gasteiger partial charge in [0.2, 0.25) is 0 Å². The van der Waals surface area contributed by atoms with Crippen LogP contribution in [0.5, 0.6) is 0 Å². The number of H-pyrrole nitrogens is 1.